The molecule has 30 heavy (non-hydrogen) atoms. The Labute approximate surface area is 178 Å². The lowest BCUT2D eigenvalue weighted by atomic mass is 9.88. The van der Waals surface area contributed by atoms with Crippen molar-refractivity contribution in [1.82, 2.24) is 4.90 Å². The zero-order valence-corrected chi connectivity index (χ0v) is 17.7. The van der Waals surface area contributed by atoms with Gasteiger partial charge in [0.2, 0.25) is 0 Å². The van der Waals surface area contributed by atoms with Gasteiger partial charge in [-0.05, 0) is 78.0 Å². The number of alkyl halides is 1. The first-order chi connectivity index (χ1) is 14.7. The largest absolute Gasteiger partial charge is 0.465 e. The van der Waals surface area contributed by atoms with E-state index in [4.69, 9.17) is 4.74 Å². The SMILES string of the molecule is COC(=O)c1ccc2c(c1)CCCC=C2c1cccc(CC2CN(CCCF)C2)c1. The molecule has 3 nitrogen and oxygen atoms in total. The number of halogens is 1. The molecule has 1 aliphatic carbocycles. The molecule has 0 N–H and O–H groups in total. The number of hydrogen-bond acceptors (Lipinski definition) is 3. The number of carbonyl (C=O) groups is 1. The van der Waals surface area contributed by atoms with Gasteiger partial charge in [0.15, 0.2) is 0 Å². The van der Waals surface area contributed by atoms with Gasteiger partial charge >= 0.3 is 5.97 Å². The fraction of sp³-hybridized carbons (Fsp3) is 0.423. The van der Waals surface area contributed by atoms with E-state index in [-0.39, 0.29) is 12.6 Å². The molecule has 0 aromatic heterocycles. The zero-order valence-electron chi connectivity index (χ0n) is 17.7. The number of likely N-dealkylation sites (tertiary alicyclic amines) is 1. The summed E-state index contributed by atoms with van der Waals surface area (Å²) in [6.45, 7) is 2.81. The topological polar surface area (TPSA) is 29.5 Å². The Balaban J connectivity index is 1.51. The quantitative estimate of drug-likeness (QED) is 0.600. The van der Waals surface area contributed by atoms with Crippen molar-refractivity contribution < 1.29 is 13.9 Å². The third-order valence-corrected chi connectivity index (χ3v) is 6.22. The molecule has 158 valence electrons. The molecule has 0 saturated carbocycles. The highest BCUT2D eigenvalue weighted by molar-refractivity contribution is 5.91. The number of allylic oxidation sites excluding steroid dienone is 1. The van der Waals surface area contributed by atoms with Crippen molar-refractivity contribution >= 4 is 11.5 Å². The smallest absolute Gasteiger partial charge is 0.337 e. The van der Waals surface area contributed by atoms with E-state index in [1.54, 1.807) is 0 Å². The van der Waals surface area contributed by atoms with Gasteiger partial charge in [0.1, 0.15) is 0 Å². The van der Waals surface area contributed by atoms with E-state index in [1.165, 1.54) is 34.9 Å². The second-order valence-electron chi connectivity index (χ2n) is 8.45. The van der Waals surface area contributed by atoms with Crippen LogP contribution in [0.25, 0.3) is 5.57 Å². The van der Waals surface area contributed by atoms with Crippen LogP contribution in [0, 0.1) is 5.92 Å². The van der Waals surface area contributed by atoms with Crippen LogP contribution in [-0.4, -0.2) is 44.3 Å². The van der Waals surface area contributed by atoms with Gasteiger partial charge in [-0.15, -0.1) is 0 Å². The highest BCUT2D eigenvalue weighted by Gasteiger charge is 2.26. The molecule has 0 radical (unpaired) electrons. The van der Waals surface area contributed by atoms with E-state index in [0.717, 1.165) is 45.3 Å². The molecule has 1 heterocycles. The Morgan fingerprint density at radius 3 is 2.87 bits per heavy atom. The summed E-state index contributed by atoms with van der Waals surface area (Å²) < 4.78 is 17.2. The number of benzene rings is 2. The molecule has 0 amide bonds. The summed E-state index contributed by atoms with van der Waals surface area (Å²) in [5.41, 5.74) is 6.93. The number of esters is 1. The first-order valence-electron chi connectivity index (χ1n) is 11.0. The molecule has 0 unspecified atom stereocenters. The van der Waals surface area contributed by atoms with Crippen LogP contribution >= 0.6 is 0 Å². The number of ether oxygens (including phenoxy) is 1. The monoisotopic (exact) mass is 407 g/mol. The minimum Gasteiger partial charge on any atom is -0.465 e. The zero-order chi connectivity index (χ0) is 20.9. The first-order valence-corrected chi connectivity index (χ1v) is 11.0. The van der Waals surface area contributed by atoms with Crippen molar-refractivity contribution in [3.8, 4) is 0 Å². The van der Waals surface area contributed by atoms with Crippen LogP contribution < -0.4 is 0 Å². The van der Waals surface area contributed by atoms with E-state index >= 15 is 0 Å². The third kappa shape index (κ3) is 4.65. The average molecular weight is 408 g/mol. The number of fused-ring (bicyclic) bond motifs is 1. The maximum absolute atomic E-state index is 12.3. The molecule has 2 aromatic rings. The molecule has 0 bridgehead atoms. The van der Waals surface area contributed by atoms with Crippen molar-refractivity contribution in [3.05, 3.63) is 76.4 Å². The Morgan fingerprint density at radius 1 is 1.20 bits per heavy atom. The van der Waals surface area contributed by atoms with Crippen molar-refractivity contribution in [2.45, 2.75) is 32.1 Å². The lowest BCUT2D eigenvalue weighted by Crippen LogP contribution is -2.47. The van der Waals surface area contributed by atoms with Gasteiger partial charge in [0, 0.05) is 19.6 Å². The summed E-state index contributed by atoms with van der Waals surface area (Å²) in [5, 5.41) is 0. The maximum Gasteiger partial charge on any atom is 0.337 e. The Morgan fingerprint density at radius 2 is 2.07 bits per heavy atom. The van der Waals surface area contributed by atoms with Gasteiger partial charge in [-0.3, -0.25) is 4.39 Å². The molecule has 1 saturated heterocycles. The molecule has 1 fully saturated rings. The first kappa shape index (κ1) is 20.8. The normalized spacial score (nSPS) is 16.9. The molecule has 2 aliphatic rings. The number of nitrogens with zero attached hydrogens (tertiary/aromatic N) is 1. The van der Waals surface area contributed by atoms with Crippen LogP contribution in [0.4, 0.5) is 4.39 Å². The number of aryl methyl sites for hydroxylation is 1. The Hall–Kier alpha value is -2.46. The Bertz CT molecular complexity index is 930. The maximum atomic E-state index is 12.3. The second-order valence-corrected chi connectivity index (χ2v) is 8.45. The van der Waals surface area contributed by atoms with Crippen molar-refractivity contribution in [2.75, 3.05) is 33.4 Å². The van der Waals surface area contributed by atoms with Crippen LogP contribution in [0.3, 0.4) is 0 Å². The molecule has 4 heteroatoms. The summed E-state index contributed by atoms with van der Waals surface area (Å²) in [7, 11) is 1.42. The van der Waals surface area contributed by atoms with Crippen LogP contribution in [0.15, 0.2) is 48.5 Å². The molecule has 0 atom stereocenters. The number of methoxy groups -OCH3 is 1. The summed E-state index contributed by atoms with van der Waals surface area (Å²) in [6, 6.07) is 14.8. The molecule has 1 aliphatic heterocycles. The van der Waals surface area contributed by atoms with E-state index in [2.05, 4.69) is 41.3 Å². The van der Waals surface area contributed by atoms with Gasteiger partial charge in [-0.2, -0.15) is 0 Å². The summed E-state index contributed by atoms with van der Waals surface area (Å²) >= 11 is 0. The predicted octanol–water partition coefficient (Wildman–Crippen LogP) is 5.08. The van der Waals surface area contributed by atoms with Crippen molar-refractivity contribution in [1.29, 1.82) is 0 Å². The number of hydrogen-bond donors (Lipinski definition) is 0. The number of carbonyl (C=O) groups excluding carboxylic acids is 1. The molecular formula is C26H30FNO2. The fourth-order valence-corrected chi connectivity index (χ4v) is 4.70. The summed E-state index contributed by atoms with van der Waals surface area (Å²) in [4.78, 5) is 14.3. The lowest BCUT2D eigenvalue weighted by molar-refractivity contribution is 0.0600. The van der Waals surface area contributed by atoms with Gasteiger partial charge in [0.25, 0.3) is 0 Å². The van der Waals surface area contributed by atoms with E-state index in [0.29, 0.717) is 17.9 Å². The summed E-state index contributed by atoms with van der Waals surface area (Å²) in [6.07, 6.45) is 7.14. The van der Waals surface area contributed by atoms with Crippen molar-refractivity contribution in [3.63, 3.8) is 0 Å². The van der Waals surface area contributed by atoms with Crippen LogP contribution in [0.1, 0.15) is 51.9 Å². The van der Waals surface area contributed by atoms with Gasteiger partial charge in [-0.25, -0.2) is 4.79 Å². The fourth-order valence-electron chi connectivity index (χ4n) is 4.70. The highest BCUT2D eigenvalue weighted by Crippen LogP contribution is 2.33. The van der Waals surface area contributed by atoms with Gasteiger partial charge < -0.3 is 9.64 Å². The minimum absolute atomic E-state index is 0.221. The van der Waals surface area contributed by atoms with Crippen LogP contribution in [0.2, 0.25) is 0 Å². The highest BCUT2D eigenvalue weighted by atomic mass is 19.1. The summed E-state index contributed by atoms with van der Waals surface area (Å²) in [5.74, 6) is 0.383. The van der Waals surface area contributed by atoms with Crippen molar-refractivity contribution in [2.24, 2.45) is 5.92 Å². The lowest BCUT2D eigenvalue weighted by Gasteiger charge is -2.39. The Kier molecular flexibility index (Phi) is 6.63. The van der Waals surface area contributed by atoms with Gasteiger partial charge in [0.05, 0.1) is 19.3 Å². The average Bonchev–Trinajstić information content (AvgIpc) is 2.96. The van der Waals surface area contributed by atoms with E-state index in [1.807, 2.05) is 12.1 Å². The number of rotatable bonds is 7. The van der Waals surface area contributed by atoms with Crippen LogP contribution in [0.5, 0.6) is 0 Å². The standard InChI is InChI=1S/C26H30FNO2/c1-30-26(29)23-10-11-25-22(16-23)7-2-3-9-24(25)21-8-4-6-19(15-21)14-20-17-28(18-20)13-5-12-27/h4,6,8-11,15-16,20H,2-3,5,7,12-14,17-18H2,1H3. The van der Waals surface area contributed by atoms with Crippen LogP contribution in [-0.2, 0) is 17.6 Å². The molecular weight excluding hydrogens is 377 g/mol. The van der Waals surface area contributed by atoms with E-state index in [9.17, 15) is 9.18 Å². The molecule has 0 spiro atoms. The minimum atomic E-state index is -0.282. The second kappa shape index (κ2) is 9.57. The third-order valence-electron chi connectivity index (χ3n) is 6.22. The molecule has 2 aromatic carbocycles. The predicted molar refractivity (Wildman–Crippen MR) is 118 cm³/mol. The van der Waals surface area contributed by atoms with E-state index < -0.39 is 0 Å². The molecule has 4 rings (SSSR count). The van der Waals surface area contributed by atoms with Gasteiger partial charge in [-0.1, -0.05) is 36.4 Å².